The van der Waals surface area contributed by atoms with E-state index < -0.39 is 0 Å². The second-order valence-corrected chi connectivity index (χ2v) is 7.15. The van der Waals surface area contributed by atoms with Gasteiger partial charge in [-0.05, 0) is 23.6 Å². The average molecular weight is 375 g/mol. The van der Waals surface area contributed by atoms with Crippen molar-refractivity contribution in [3.8, 4) is 0 Å². The zero-order valence-corrected chi connectivity index (χ0v) is 15.8. The fraction of sp³-hybridized carbons (Fsp3) is 0.227. The third-order valence-electron chi connectivity index (χ3n) is 4.81. The molecule has 0 bridgehead atoms. The number of hydrogen-bond acceptors (Lipinski definition) is 4. The van der Waals surface area contributed by atoms with Crippen molar-refractivity contribution in [2.45, 2.75) is 26.4 Å². The summed E-state index contributed by atoms with van der Waals surface area (Å²) in [5, 5.41) is 3.81. The van der Waals surface area contributed by atoms with Crippen LogP contribution in [0.15, 0.2) is 70.1 Å². The van der Waals surface area contributed by atoms with Crippen LogP contribution in [0.3, 0.4) is 0 Å². The molecule has 1 amide bonds. The first-order valence-electron chi connectivity index (χ1n) is 9.25. The molecule has 0 aliphatic carbocycles. The number of nitrogens with zero attached hydrogens (tertiary/aromatic N) is 2. The van der Waals surface area contributed by atoms with Gasteiger partial charge >= 0.3 is 0 Å². The molecule has 0 aliphatic heterocycles. The van der Waals surface area contributed by atoms with E-state index in [0.29, 0.717) is 11.1 Å². The minimum Gasteiger partial charge on any atom is -0.448 e. The SMILES string of the molecule is CC(C)C(NC(=O)Cn1cnc2c(oc3ccccc32)c1=O)c1ccccc1. The summed E-state index contributed by atoms with van der Waals surface area (Å²) in [5.41, 5.74) is 1.95. The molecule has 0 saturated carbocycles. The lowest BCUT2D eigenvalue weighted by molar-refractivity contribution is -0.122. The number of carbonyl (C=O) groups is 1. The van der Waals surface area contributed by atoms with Gasteiger partial charge in [0.1, 0.15) is 17.6 Å². The zero-order valence-electron chi connectivity index (χ0n) is 15.8. The summed E-state index contributed by atoms with van der Waals surface area (Å²) in [7, 11) is 0. The topological polar surface area (TPSA) is 77.1 Å². The first-order chi connectivity index (χ1) is 13.5. The Labute approximate surface area is 161 Å². The fourth-order valence-corrected chi connectivity index (χ4v) is 3.40. The van der Waals surface area contributed by atoms with Crippen LogP contribution >= 0.6 is 0 Å². The summed E-state index contributed by atoms with van der Waals surface area (Å²) in [5.74, 6) is -0.0408. The maximum absolute atomic E-state index is 12.8. The highest BCUT2D eigenvalue weighted by Gasteiger charge is 2.19. The molecular formula is C22H21N3O3. The Morgan fingerprint density at radius 1 is 1.11 bits per heavy atom. The Morgan fingerprint density at radius 3 is 2.57 bits per heavy atom. The molecular weight excluding hydrogens is 354 g/mol. The maximum atomic E-state index is 12.8. The highest BCUT2D eigenvalue weighted by atomic mass is 16.3. The largest absolute Gasteiger partial charge is 0.448 e. The number of para-hydroxylation sites is 1. The molecule has 0 saturated heterocycles. The number of carbonyl (C=O) groups excluding carboxylic acids is 1. The van der Waals surface area contributed by atoms with E-state index in [1.54, 1.807) is 6.07 Å². The number of aromatic nitrogens is 2. The number of furan rings is 1. The van der Waals surface area contributed by atoms with Gasteiger partial charge in [0.05, 0.1) is 12.4 Å². The van der Waals surface area contributed by atoms with Crippen molar-refractivity contribution in [3.05, 3.63) is 76.8 Å². The molecule has 4 rings (SSSR count). The first kappa shape index (κ1) is 18.0. The zero-order chi connectivity index (χ0) is 19.7. The van der Waals surface area contributed by atoms with Crippen molar-refractivity contribution in [3.63, 3.8) is 0 Å². The van der Waals surface area contributed by atoms with E-state index in [1.807, 2.05) is 62.4 Å². The molecule has 2 aromatic carbocycles. The molecule has 0 spiro atoms. The van der Waals surface area contributed by atoms with Gasteiger partial charge in [0.25, 0.3) is 5.56 Å². The van der Waals surface area contributed by atoms with E-state index >= 15 is 0 Å². The number of rotatable bonds is 5. The highest BCUT2D eigenvalue weighted by molar-refractivity contribution is 6.01. The normalized spacial score (nSPS) is 12.5. The van der Waals surface area contributed by atoms with Crippen molar-refractivity contribution in [1.82, 2.24) is 14.9 Å². The van der Waals surface area contributed by atoms with Crippen LogP contribution in [0.1, 0.15) is 25.5 Å². The minimum atomic E-state index is -0.364. The number of amides is 1. The van der Waals surface area contributed by atoms with E-state index in [0.717, 1.165) is 10.9 Å². The Morgan fingerprint density at radius 2 is 1.82 bits per heavy atom. The van der Waals surface area contributed by atoms with Gasteiger partial charge in [-0.25, -0.2) is 4.98 Å². The lowest BCUT2D eigenvalue weighted by Crippen LogP contribution is -2.36. The summed E-state index contributed by atoms with van der Waals surface area (Å²) in [6.45, 7) is 3.98. The van der Waals surface area contributed by atoms with Gasteiger partial charge in [-0.2, -0.15) is 0 Å². The van der Waals surface area contributed by atoms with Gasteiger partial charge in [0.15, 0.2) is 0 Å². The lowest BCUT2D eigenvalue weighted by atomic mass is 9.96. The summed E-state index contributed by atoms with van der Waals surface area (Å²) in [6, 6.07) is 17.0. The van der Waals surface area contributed by atoms with Gasteiger partial charge in [-0.3, -0.25) is 14.2 Å². The number of benzene rings is 2. The summed E-state index contributed by atoms with van der Waals surface area (Å²) in [4.78, 5) is 29.7. The van der Waals surface area contributed by atoms with Crippen molar-refractivity contribution in [1.29, 1.82) is 0 Å². The molecule has 4 aromatic rings. The van der Waals surface area contributed by atoms with Crippen LogP contribution in [-0.4, -0.2) is 15.5 Å². The van der Waals surface area contributed by atoms with Crippen LogP contribution in [-0.2, 0) is 11.3 Å². The average Bonchev–Trinajstić information content (AvgIpc) is 3.08. The summed E-state index contributed by atoms with van der Waals surface area (Å²) < 4.78 is 6.95. The Balaban J connectivity index is 1.60. The van der Waals surface area contributed by atoms with Gasteiger partial charge in [0.2, 0.25) is 11.5 Å². The van der Waals surface area contributed by atoms with E-state index in [-0.39, 0.29) is 35.6 Å². The van der Waals surface area contributed by atoms with E-state index in [2.05, 4.69) is 10.3 Å². The van der Waals surface area contributed by atoms with Crippen LogP contribution in [0.5, 0.6) is 0 Å². The molecule has 28 heavy (non-hydrogen) atoms. The third-order valence-corrected chi connectivity index (χ3v) is 4.81. The van der Waals surface area contributed by atoms with Crippen molar-refractivity contribution < 1.29 is 9.21 Å². The predicted octanol–water partition coefficient (Wildman–Crippen LogP) is 3.66. The van der Waals surface area contributed by atoms with E-state index in [4.69, 9.17) is 4.42 Å². The molecule has 1 unspecified atom stereocenters. The molecule has 142 valence electrons. The third kappa shape index (κ3) is 3.29. The second kappa shape index (κ2) is 7.31. The molecule has 1 N–H and O–H groups in total. The van der Waals surface area contributed by atoms with Gasteiger partial charge < -0.3 is 9.73 Å². The molecule has 2 heterocycles. The molecule has 0 radical (unpaired) electrons. The van der Waals surface area contributed by atoms with E-state index in [1.165, 1.54) is 10.9 Å². The van der Waals surface area contributed by atoms with Crippen LogP contribution in [0.2, 0.25) is 0 Å². The molecule has 6 heteroatoms. The Hall–Kier alpha value is -3.41. The van der Waals surface area contributed by atoms with Crippen LogP contribution in [0, 0.1) is 5.92 Å². The molecule has 1 atom stereocenters. The maximum Gasteiger partial charge on any atom is 0.297 e. The van der Waals surface area contributed by atoms with Gasteiger partial charge in [0, 0.05) is 5.39 Å². The van der Waals surface area contributed by atoms with Crippen LogP contribution < -0.4 is 10.9 Å². The Bertz CT molecular complexity index is 1190. The standard InChI is InChI=1S/C22H21N3O3/c1-14(2)19(15-8-4-3-5-9-15)24-18(26)12-25-13-23-20-16-10-6-7-11-17(16)28-21(20)22(25)27/h3-11,13-14,19H,12H2,1-2H3,(H,24,26). The summed E-state index contributed by atoms with van der Waals surface area (Å²) >= 11 is 0. The van der Waals surface area contributed by atoms with Crippen LogP contribution in [0.4, 0.5) is 0 Å². The lowest BCUT2D eigenvalue weighted by Gasteiger charge is -2.23. The second-order valence-electron chi connectivity index (χ2n) is 7.15. The molecule has 0 aliphatic rings. The molecule has 2 aromatic heterocycles. The first-order valence-corrected chi connectivity index (χ1v) is 9.25. The van der Waals surface area contributed by atoms with Crippen molar-refractivity contribution in [2.75, 3.05) is 0 Å². The number of nitrogens with one attached hydrogen (secondary N) is 1. The molecule has 0 fully saturated rings. The monoisotopic (exact) mass is 375 g/mol. The smallest absolute Gasteiger partial charge is 0.297 e. The predicted molar refractivity (Wildman–Crippen MR) is 108 cm³/mol. The van der Waals surface area contributed by atoms with Crippen molar-refractivity contribution >= 4 is 28.0 Å². The number of hydrogen-bond donors (Lipinski definition) is 1. The van der Waals surface area contributed by atoms with Gasteiger partial charge in [-0.15, -0.1) is 0 Å². The van der Waals surface area contributed by atoms with E-state index in [9.17, 15) is 9.59 Å². The van der Waals surface area contributed by atoms with Crippen molar-refractivity contribution in [2.24, 2.45) is 5.92 Å². The highest BCUT2D eigenvalue weighted by Crippen LogP contribution is 2.24. The summed E-state index contributed by atoms with van der Waals surface area (Å²) in [6.07, 6.45) is 1.40. The quantitative estimate of drug-likeness (QED) is 0.577. The number of fused-ring (bicyclic) bond motifs is 3. The van der Waals surface area contributed by atoms with Crippen LogP contribution in [0.25, 0.3) is 22.1 Å². The molecule has 6 nitrogen and oxygen atoms in total. The minimum absolute atomic E-state index is 0.116. The Kier molecular flexibility index (Phi) is 4.69. The van der Waals surface area contributed by atoms with Gasteiger partial charge in [-0.1, -0.05) is 56.3 Å². The fourth-order valence-electron chi connectivity index (χ4n) is 3.40.